The zero-order valence-electron chi connectivity index (χ0n) is 16.0. The zero-order valence-corrected chi connectivity index (χ0v) is 16.0. The van der Waals surface area contributed by atoms with Gasteiger partial charge in [0.05, 0.1) is 18.4 Å². The maximum atomic E-state index is 6.37. The Bertz CT molecular complexity index is 706. The standard InChI is InChI=1S/C21H30N4O/c1-23(14-18-6-4-3-5-7-18)20-12-21(26-17-20)8-10-25(11-9-21)16-19-13-22-24(2)15-19/h3-7,13,15,20H,8-12,14,16-17H2,1-2H3. The first-order valence-electron chi connectivity index (χ1n) is 9.70. The Kier molecular flexibility index (Phi) is 5.11. The van der Waals surface area contributed by atoms with E-state index in [2.05, 4.69) is 58.5 Å². The summed E-state index contributed by atoms with van der Waals surface area (Å²) in [5.41, 5.74) is 2.78. The molecule has 26 heavy (non-hydrogen) atoms. The summed E-state index contributed by atoms with van der Waals surface area (Å²) >= 11 is 0. The highest BCUT2D eigenvalue weighted by Crippen LogP contribution is 2.38. The Hall–Kier alpha value is -1.69. The van der Waals surface area contributed by atoms with Crippen molar-refractivity contribution >= 4 is 0 Å². The molecule has 2 fully saturated rings. The van der Waals surface area contributed by atoms with E-state index < -0.39 is 0 Å². The number of ether oxygens (including phenoxy) is 1. The molecule has 1 spiro atoms. The fraction of sp³-hybridized carbons (Fsp3) is 0.571. The molecular weight excluding hydrogens is 324 g/mol. The van der Waals surface area contributed by atoms with E-state index in [1.54, 1.807) is 0 Å². The monoisotopic (exact) mass is 354 g/mol. The first-order valence-corrected chi connectivity index (χ1v) is 9.70. The number of nitrogens with zero attached hydrogens (tertiary/aromatic N) is 4. The fourth-order valence-electron chi connectivity index (χ4n) is 4.38. The van der Waals surface area contributed by atoms with Crippen LogP contribution in [0.5, 0.6) is 0 Å². The van der Waals surface area contributed by atoms with Crippen LogP contribution in [0, 0.1) is 0 Å². The van der Waals surface area contributed by atoms with Crippen molar-refractivity contribution in [1.29, 1.82) is 0 Å². The molecule has 0 amide bonds. The number of likely N-dealkylation sites (N-methyl/N-ethyl adjacent to an activating group) is 1. The molecule has 4 rings (SSSR count). The molecule has 0 aliphatic carbocycles. The smallest absolute Gasteiger partial charge is 0.0723 e. The summed E-state index contributed by atoms with van der Waals surface area (Å²) in [6, 6.07) is 11.3. The van der Waals surface area contributed by atoms with E-state index in [4.69, 9.17) is 4.74 Å². The predicted octanol–water partition coefficient (Wildman–Crippen LogP) is 2.68. The summed E-state index contributed by atoms with van der Waals surface area (Å²) < 4.78 is 8.25. The van der Waals surface area contributed by atoms with Crippen LogP contribution in [0.3, 0.4) is 0 Å². The van der Waals surface area contributed by atoms with Crippen LogP contribution in [0.4, 0.5) is 0 Å². The largest absolute Gasteiger partial charge is 0.373 e. The minimum atomic E-state index is 0.0983. The number of aromatic nitrogens is 2. The highest BCUT2D eigenvalue weighted by atomic mass is 16.5. The molecule has 140 valence electrons. The van der Waals surface area contributed by atoms with Gasteiger partial charge < -0.3 is 4.74 Å². The number of aryl methyl sites for hydroxylation is 1. The van der Waals surface area contributed by atoms with E-state index in [0.717, 1.165) is 52.0 Å². The third-order valence-electron chi connectivity index (χ3n) is 6.02. The van der Waals surface area contributed by atoms with E-state index in [1.165, 1.54) is 11.1 Å². The van der Waals surface area contributed by atoms with Gasteiger partial charge in [0.25, 0.3) is 0 Å². The van der Waals surface area contributed by atoms with Gasteiger partial charge in [0.1, 0.15) is 0 Å². The maximum absolute atomic E-state index is 6.37. The molecule has 5 heteroatoms. The van der Waals surface area contributed by atoms with E-state index >= 15 is 0 Å². The lowest BCUT2D eigenvalue weighted by Gasteiger charge is -2.38. The van der Waals surface area contributed by atoms with Crippen LogP contribution in [0.2, 0.25) is 0 Å². The van der Waals surface area contributed by atoms with Crippen LogP contribution in [0.25, 0.3) is 0 Å². The molecule has 2 saturated heterocycles. The van der Waals surface area contributed by atoms with Gasteiger partial charge in [0, 0.05) is 51.0 Å². The SMILES string of the molecule is CN(Cc1ccccc1)C1COC2(CCN(Cc3cnn(C)c3)CC2)C1. The second-order valence-corrected chi connectivity index (χ2v) is 8.05. The van der Waals surface area contributed by atoms with E-state index in [-0.39, 0.29) is 5.60 Å². The molecule has 2 aromatic rings. The number of piperidine rings is 1. The van der Waals surface area contributed by atoms with Crippen molar-refractivity contribution in [3.8, 4) is 0 Å². The first kappa shape index (κ1) is 17.7. The second-order valence-electron chi connectivity index (χ2n) is 8.05. The number of benzene rings is 1. The lowest BCUT2D eigenvalue weighted by Crippen LogP contribution is -2.44. The van der Waals surface area contributed by atoms with Crippen molar-refractivity contribution < 1.29 is 4.74 Å². The average Bonchev–Trinajstić information content (AvgIpc) is 3.25. The molecule has 0 N–H and O–H groups in total. The third-order valence-corrected chi connectivity index (χ3v) is 6.02. The molecule has 2 aliphatic rings. The van der Waals surface area contributed by atoms with Gasteiger partial charge in [-0.2, -0.15) is 5.10 Å². The minimum absolute atomic E-state index is 0.0983. The molecule has 2 aliphatic heterocycles. The van der Waals surface area contributed by atoms with Crippen molar-refractivity contribution in [3.05, 3.63) is 53.9 Å². The number of hydrogen-bond acceptors (Lipinski definition) is 4. The lowest BCUT2D eigenvalue weighted by molar-refractivity contribution is -0.0452. The van der Waals surface area contributed by atoms with E-state index in [0.29, 0.717) is 6.04 Å². The summed E-state index contributed by atoms with van der Waals surface area (Å²) in [7, 11) is 4.21. The topological polar surface area (TPSA) is 33.5 Å². The van der Waals surface area contributed by atoms with Crippen molar-refractivity contribution in [2.24, 2.45) is 7.05 Å². The number of likely N-dealkylation sites (tertiary alicyclic amines) is 1. The average molecular weight is 354 g/mol. The lowest BCUT2D eigenvalue weighted by atomic mass is 9.87. The van der Waals surface area contributed by atoms with Crippen LogP contribution in [-0.4, -0.2) is 58.0 Å². The molecule has 5 nitrogen and oxygen atoms in total. The molecule has 0 radical (unpaired) electrons. The summed E-state index contributed by atoms with van der Waals surface area (Å²) in [5.74, 6) is 0. The molecule has 3 heterocycles. The van der Waals surface area contributed by atoms with Crippen LogP contribution in [-0.2, 0) is 24.9 Å². The van der Waals surface area contributed by atoms with Gasteiger partial charge in [0.15, 0.2) is 0 Å². The molecule has 1 atom stereocenters. The van der Waals surface area contributed by atoms with Gasteiger partial charge in [-0.3, -0.25) is 14.5 Å². The van der Waals surface area contributed by atoms with Crippen LogP contribution < -0.4 is 0 Å². The highest BCUT2D eigenvalue weighted by molar-refractivity contribution is 5.14. The summed E-state index contributed by atoms with van der Waals surface area (Å²) in [4.78, 5) is 5.00. The summed E-state index contributed by atoms with van der Waals surface area (Å²) in [6.07, 6.45) is 7.54. The summed E-state index contributed by atoms with van der Waals surface area (Å²) in [5, 5.41) is 4.28. The molecular formula is C21H30N4O. The molecule has 1 aromatic carbocycles. The fourth-order valence-corrected chi connectivity index (χ4v) is 4.38. The zero-order chi connectivity index (χ0) is 18.0. The normalized spacial score (nSPS) is 23.1. The third kappa shape index (κ3) is 4.00. The van der Waals surface area contributed by atoms with Gasteiger partial charge in [-0.1, -0.05) is 30.3 Å². The summed E-state index contributed by atoms with van der Waals surface area (Å²) in [6.45, 7) is 5.10. The Morgan fingerprint density at radius 3 is 2.65 bits per heavy atom. The molecule has 0 saturated carbocycles. The van der Waals surface area contributed by atoms with Crippen molar-refractivity contribution in [2.75, 3.05) is 26.7 Å². The number of rotatable bonds is 5. The van der Waals surface area contributed by atoms with E-state index in [9.17, 15) is 0 Å². The van der Waals surface area contributed by atoms with Crippen LogP contribution in [0.15, 0.2) is 42.7 Å². The minimum Gasteiger partial charge on any atom is -0.373 e. The van der Waals surface area contributed by atoms with Crippen molar-refractivity contribution in [1.82, 2.24) is 19.6 Å². The van der Waals surface area contributed by atoms with Gasteiger partial charge in [-0.25, -0.2) is 0 Å². The van der Waals surface area contributed by atoms with Gasteiger partial charge in [-0.15, -0.1) is 0 Å². The van der Waals surface area contributed by atoms with Gasteiger partial charge in [0.2, 0.25) is 0 Å². The van der Waals surface area contributed by atoms with Crippen LogP contribution >= 0.6 is 0 Å². The highest BCUT2D eigenvalue weighted by Gasteiger charge is 2.43. The Labute approximate surface area is 156 Å². The first-order chi connectivity index (χ1) is 12.6. The predicted molar refractivity (Wildman–Crippen MR) is 103 cm³/mol. The maximum Gasteiger partial charge on any atom is 0.0723 e. The van der Waals surface area contributed by atoms with E-state index in [1.807, 2.05) is 17.9 Å². The Balaban J connectivity index is 1.28. The molecule has 1 aromatic heterocycles. The van der Waals surface area contributed by atoms with Crippen molar-refractivity contribution in [3.63, 3.8) is 0 Å². The van der Waals surface area contributed by atoms with Gasteiger partial charge >= 0.3 is 0 Å². The number of hydrogen-bond donors (Lipinski definition) is 0. The van der Waals surface area contributed by atoms with Crippen molar-refractivity contribution in [2.45, 2.75) is 44.0 Å². The molecule has 0 bridgehead atoms. The Morgan fingerprint density at radius 1 is 1.19 bits per heavy atom. The second kappa shape index (κ2) is 7.51. The van der Waals surface area contributed by atoms with Crippen LogP contribution in [0.1, 0.15) is 30.4 Å². The van der Waals surface area contributed by atoms with Gasteiger partial charge in [-0.05, 0) is 31.9 Å². The quantitative estimate of drug-likeness (QED) is 0.827. The Morgan fingerprint density at radius 2 is 1.96 bits per heavy atom. The molecule has 1 unspecified atom stereocenters.